The molecule has 0 spiro atoms. The maximum atomic E-state index is 12.0. The maximum absolute atomic E-state index is 12.0. The predicted molar refractivity (Wildman–Crippen MR) is 70.3 cm³/mol. The molecule has 0 aromatic rings. The highest BCUT2D eigenvalue weighted by Crippen LogP contribution is 2.18. The second-order valence-corrected chi connectivity index (χ2v) is 4.67. The molecule has 19 heavy (non-hydrogen) atoms. The number of likely N-dealkylation sites (tertiary alicyclic amines) is 1. The molecule has 1 heterocycles. The van der Waals surface area contributed by atoms with Crippen molar-refractivity contribution in [3.05, 3.63) is 0 Å². The molecule has 1 atom stereocenters. The Morgan fingerprint density at radius 2 is 2.11 bits per heavy atom. The monoisotopic (exact) mass is 280 g/mol. The smallest absolute Gasteiger partial charge is 0.356 e. The van der Waals surface area contributed by atoms with Gasteiger partial charge >= 0.3 is 6.18 Å². The van der Waals surface area contributed by atoms with Crippen molar-refractivity contribution >= 4 is 5.96 Å². The molecule has 0 aromatic heterocycles. The van der Waals surface area contributed by atoms with Crippen LogP contribution >= 0.6 is 0 Å². The summed E-state index contributed by atoms with van der Waals surface area (Å²) >= 11 is 0. The quantitative estimate of drug-likeness (QED) is 0.593. The van der Waals surface area contributed by atoms with E-state index in [2.05, 4.69) is 27.4 Å². The fourth-order valence-corrected chi connectivity index (χ4v) is 2.30. The van der Waals surface area contributed by atoms with Gasteiger partial charge in [0.05, 0.1) is 6.42 Å². The van der Waals surface area contributed by atoms with E-state index in [0.29, 0.717) is 12.0 Å². The van der Waals surface area contributed by atoms with Crippen LogP contribution in [0.25, 0.3) is 0 Å². The van der Waals surface area contributed by atoms with Gasteiger partial charge in [0, 0.05) is 26.2 Å². The first-order valence-electron chi connectivity index (χ1n) is 6.71. The number of hydrogen-bond donors (Lipinski definition) is 2. The normalized spacial score (nSPS) is 21.7. The zero-order chi connectivity index (χ0) is 14.3. The zero-order valence-corrected chi connectivity index (χ0v) is 11.6. The number of likely N-dealkylation sites (N-methyl/N-ethyl adjacent to an activating group) is 1. The Morgan fingerprint density at radius 3 is 2.68 bits per heavy atom. The molecule has 4 nitrogen and oxygen atoms in total. The summed E-state index contributed by atoms with van der Waals surface area (Å²) in [5, 5.41) is 5.77. The lowest BCUT2D eigenvalue weighted by Crippen LogP contribution is -2.45. The highest BCUT2D eigenvalue weighted by atomic mass is 19.4. The van der Waals surface area contributed by atoms with Crippen LogP contribution in [0.5, 0.6) is 0 Å². The van der Waals surface area contributed by atoms with E-state index in [9.17, 15) is 13.2 Å². The van der Waals surface area contributed by atoms with Gasteiger partial charge in [0.25, 0.3) is 0 Å². The average Bonchev–Trinajstić information content (AvgIpc) is 2.79. The molecule has 1 aliphatic rings. The largest absolute Gasteiger partial charge is 0.390 e. The third kappa shape index (κ3) is 6.13. The van der Waals surface area contributed by atoms with Crippen molar-refractivity contribution in [1.29, 1.82) is 0 Å². The Hall–Kier alpha value is -0.980. The van der Waals surface area contributed by atoms with Crippen LogP contribution in [-0.4, -0.2) is 56.3 Å². The molecule has 0 aliphatic carbocycles. The Bertz CT molecular complexity index is 291. The Labute approximate surface area is 112 Å². The number of hydrogen-bond acceptors (Lipinski definition) is 2. The molecule has 7 heteroatoms. The van der Waals surface area contributed by atoms with Crippen LogP contribution in [-0.2, 0) is 0 Å². The number of halogens is 3. The van der Waals surface area contributed by atoms with Crippen LogP contribution in [0.15, 0.2) is 4.99 Å². The standard InChI is InChI=1S/C12H23F3N4/c1-3-19-8-4-5-10(19)9-18-11(16-2)17-7-6-12(13,14)15/h10H,3-9H2,1-2H3,(H2,16,17,18). The topological polar surface area (TPSA) is 39.7 Å². The highest BCUT2D eigenvalue weighted by molar-refractivity contribution is 5.79. The van der Waals surface area contributed by atoms with Crippen molar-refractivity contribution in [1.82, 2.24) is 15.5 Å². The SMILES string of the molecule is CCN1CCCC1CNC(=NC)NCCC(F)(F)F. The molecule has 1 rings (SSSR count). The first-order chi connectivity index (χ1) is 8.96. The molecule has 1 unspecified atom stereocenters. The molecule has 2 N–H and O–H groups in total. The number of rotatable bonds is 5. The third-order valence-electron chi connectivity index (χ3n) is 3.33. The van der Waals surface area contributed by atoms with Crippen molar-refractivity contribution in [2.24, 2.45) is 4.99 Å². The fourth-order valence-electron chi connectivity index (χ4n) is 2.30. The number of alkyl halides is 3. The van der Waals surface area contributed by atoms with Gasteiger partial charge in [-0.15, -0.1) is 0 Å². The average molecular weight is 280 g/mol. The lowest BCUT2D eigenvalue weighted by Gasteiger charge is -2.24. The number of nitrogens with zero attached hydrogens (tertiary/aromatic N) is 2. The van der Waals surface area contributed by atoms with Crippen molar-refractivity contribution in [3.8, 4) is 0 Å². The maximum Gasteiger partial charge on any atom is 0.390 e. The van der Waals surface area contributed by atoms with E-state index in [-0.39, 0.29) is 6.54 Å². The van der Waals surface area contributed by atoms with Gasteiger partial charge in [-0.2, -0.15) is 13.2 Å². The summed E-state index contributed by atoms with van der Waals surface area (Å²) in [5.41, 5.74) is 0. The Morgan fingerprint density at radius 1 is 1.37 bits per heavy atom. The van der Waals surface area contributed by atoms with Gasteiger partial charge in [-0.25, -0.2) is 0 Å². The molecule has 0 bridgehead atoms. The first kappa shape index (κ1) is 16.1. The van der Waals surface area contributed by atoms with Gasteiger partial charge in [0.15, 0.2) is 5.96 Å². The second kappa shape index (κ2) is 7.57. The van der Waals surface area contributed by atoms with Gasteiger partial charge in [0.1, 0.15) is 0 Å². The molecule has 1 aliphatic heterocycles. The van der Waals surface area contributed by atoms with E-state index >= 15 is 0 Å². The van der Waals surface area contributed by atoms with Gasteiger partial charge in [-0.3, -0.25) is 9.89 Å². The Balaban J connectivity index is 2.25. The molecular weight excluding hydrogens is 257 g/mol. The van der Waals surface area contributed by atoms with Crippen LogP contribution in [0, 0.1) is 0 Å². The van der Waals surface area contributed by atoms with Crippen molar-refractivity contribution in [2.75, 3.05) is 33.2 Å². The van der Waals surface area contributed by atoms with Crippen LogP contribution in [0.1, 0.15) is 26.2 Å². The lowest BCUT2D eigenvalue weighted by atomic mass is 10.2. The zero-order valence-electron chi connectivity index (χ0n) is 11.6. The molecule has 1 fully saturated rings. The predicted octanol–water partition coefficient (Wildman–Crippen LogP) is 1.59. The molecule has 1 saturated heterocycles. The van der Waals surface area contributed by atoms with Crippen molar-refractivity contribution in [2.45, 2.75) is 38.4 Å². The van der Waals surface area contributed by atoms with E-state index in [4.69, 9.17) is 0 Å². The summed E-state index contributed by atoms with van der Waals surface area (Å²) in [4.78, 5) is 6.30. The minimum Gasteiger partial charge on any atom is -0.356 e. The van der Waals surface area contributed by atoms with Crippen LogP contribution < -0.4 is 10.6 Å². The van der Waals surface area contributed by atoms with Crippen LogP contribution in [0.2, 0.25) is 0 Å². The van der Waals surface area contributed by atoms with E-state index in [1.165, 1.54) is 6.42 Å². The summed E-state index contributed by atoms with van der Waals surface area (Å²) in [7, 11) is 1.56. The molecule has 0 saturated carbocycles. The minimum absolute atomic E-state index is 0.147. The van der Waals surface area contributed by atoms with Crippen LogP contribution in [0.4, 0.5) is 13.2 Å². The highest BCUT2D eigenvalue weighted by Gasteiger charge is 2.26. The van der Waals surface area contributed by atoms with Crippen LogP contribution in [0.3, 0.4) is 0 Å². The Kier molecular flexibility index (Phi) is 6.41. The lowest BCUT2D eigenvalue weighted by molar-refractivity contribution is -0.132. The molecular formula is C12H23F3N4. The van der Waals surface area contributed by atoms with Gasteiger partial charge in [-0.05, 0) is 25.9 Å². The second-order valence-electron chi connectivity index (χ2n) is 4.67. The number of aliphatic imine (C=N–C) groups is 1. The number of guanidine groups is 1. The molecule has 0 radical (unpaired) electrons. The first-order valence-corrected chi connectivity index (χ1v) is 6.71. The molecule has 112 valence electrons. The summed E-state index contributed by atoms with van der Waals surface area (Å²) < 4.78 is 36.1. The molecule has 0 aromatic carbocycles. The fraction of sp³-hybridized carbons (Fsp3) is 0.917. The van der Waals surface area contributed by atoms with E-state index in [1.807, 2.05) is 0 Å². The number of nitrogens with one attached hydrogen (secondary N) is 2. The van der Waals surface area contributed by atoms with Gasteiger partial charge in [-0.1, -0.05) is 6.92 Å². The summed E-state index contributed by atoms with van der Waals surface area (Å²) in [5.74, 6) is 0.437. The van der Waals surface area contributed by atoms with Gasteiger partial charge in [0.2, 0.25) is 0 Å². The van der Waals surface area contributed by atoms with E-state index in [1.54, 1.807) is 7.05 Å². The summed E-state index contributed by atoms with van der Waals surface area (Å²) in [6.45, 7) is 4.80. The summed E-state index contributed by atoms with van der Waals surface area (Å²) in [6.07, 6.45) is -2.67. The summed E-state index contributed by atoms with van der Waals surface area (Å²) in [6, 6.07) is 0.450. The van der Waals surface area contributed by atoms with Gasteiger partial charge < -0.3 is 10.6 Å². The minimum atomic E-state index is -4.13. The van der Waals surface area contributed by atoms with E-state index < -0.39 is 12.6 Å². The third-order valence-corrected chi connectivity index (χ3v) is 3.33. The van der Waals surface area contributed by atoms with Crippen molar-refractivity contribution in [3.63, 3.8) is 0 Å². The van der Waals surface area contributed by atoms with Crippen molar-refractivity contribution < 1.29 is 13.2 Å². The molecule has 0 amide bonds. The van der Waals surface area contributed by atoms with E-state index in [0.717, 1.165) is 26.1 Å².